The third-order valence-electron chi connectivity index (χ3n) is 6.15. The minimum Gasteiger partial charge on any atom is -0.493 e. The van der Waals surface area contributed by atoms with E-state index in [1.807, 2.05) is 66.3 Å². The smallest absolute Gasteiger partial charge is 0.253 e. The van der Waals surface area contributed by atoms with Gasteiger partial charge in [-0.05, 0) is 56.6 Å². The van der Waals surface area contributed by atoms with Gasteiger partial charge in [-0.1, -0.05) is 29.8 Å². The summed E-state index contributed by atoms with van der Waals surface area (Å²) in [7, 11) is 4.05. The molecule has 3 aromatic rings. The molecule has 2 heterocycles. The highest BCUT2D eigenvalue weighted by molar-refractivity contribution is 5.94. The molecule has 0 spiro atoms. The first-order chi connectivity index (χ1) is 16.0. The van der Waals surface area contributed by atoms with E-state index in [9.17, 15) is 4.79 Å². The van der Waals surface area contributed by atoms with Gasteiger partial charge in [-0.2, -0.15) is 5.10 Å². The second-order valence-corrected chi connectivity index (χ2v) is 9.28. The molecule has 1 aliphatic heterocycles. The Morgan fingerprint density at radius 1 is 1.15 bits per heavy atom. The Morgan fingerprint density at radius 3 is 2.70 bits per heavy atom. The molecule has 1 aliphatic rings. The largest absolute Gasteiger partial charge is 0.493 e. The fraction of sp³-hybridized carbons (Fsp3) is 0.407. The summed E-state index contributed by atoms with van der Waals surface area (Å²) in [6, 6.07) is 16.2. The molecule has 1 fully saturated rings. The number of rotatable bonds is 8. The van der Waals surface area contributed by atoms with E-state index in [0.29, 0.717) is 12.5 Å². The molecule has 1 saturated heterocycles. The van der Waals surface area contributed by atoms with E-state index < -0.39 is 0 Å². The van der Waals surface area contributed by atoms with Crippen molar-refractivity contribution in [3.63, 3.8) is 0 Å². The monoisotopic (exact) mass is 446 g/mol. The van der Waals surface area contributed by atoms with Crippen LogP contribution in [0.1, 0.15) is 39.9 Å². The van der Waals surface area contributed by atoms with Gasteiger partial charge in [0.2, 0.25) is 0 Å². The van der Waals surface area contributed by atoms with Crippen LogP contribution in [-0.2, 0) is 20.1 Å². The van der Waals surface area contributed by atoms with Gasteiger partial charge in [-0.3, -0.25) is 14.4 Å². The Kier molecular flexibility index (Phi) is 7.45. The maximum Gasteiger partial charge on any atom is 0.253 e. The second kappa shape index (κ2) is 10.7. The number of nitrogens with zero attached hydrogens (tertiary/aromatic N) is 4. The molecule has 6 nitrogen and oxygen atoms in total. The quantitative estimate of drug-likeness (QED) is 0.518. The average Bonchev–Trinajstić information content (AvgIpc) is 3.22. The first-order valence-electron chi connectivity index (χ1n) is 11.7. The Labute approximate surface area is 196 Å². The zero-order valence-corrected chi connectivity index (χ0v) is 19.9. The van der Waals surface area contributed by atoms with Crippen molar-refractivity contribution in [3.8, 4) is 5.75 Å². The summed E-state index contributed by atoms with van der Waals surface area (Å²) in [6.07, 6.45) is 6.07. The number of benzene rings is 2. The summed E-state index contributed by atoms with van der Waals surface area (Å²) < 4.78 is 8.00. The Hall–Kier alpha value is -3.12. The molecule has 4 rings (SSSR count). The zero-order chi connectivity index (χ0) is 23.2. The van der Waals surface area contributed by atoms with E-state index >= 15 is 0 Å². The molecule has 0 aliphatic carbocycles. The fourth-order valence-electron chi connectivity index (χ4n) is 4.44. The van der Waals surface area contributed by atoms with E-state index in [2.05, 4.69) is 35.2 Å². The van der Waals surface area contributed by atoms with Crippen LogP contribution in [0.2, 0.25) is 0 Å². The number of carbonyl (C=O) groups is 1. The topological polar surface area (TPSA) is 50.6 Å². The van der Waals surface area contributed by atoms with Crippen molar-refractivity contribution in [1.29, 1.82) is 0 Å². The van der Waals surface area contributed by atoms with Gasteiger partial charge < -0.3 is 9.64 Å². The van der Waals surface area contributed by atoms with Crippen LogP contribution in [0.25, 0.3) is 0 Å². The minimum absolute atomic E-state index is 0.123. The molecular weight excluding hydrogens is 412 g/mol. The zero-order valence-electron chi connectivity index (χ0n) is 19.9. The fourth-order valence-corrected chi connectivity index (χ4v) is 4.44. The van der Waals surface area contributed by atoms with Crippen LogP contribution in [-0.4, -0.2) is 52.2 Å². The van der Waals surface area contributed by atoms with Crippen molar-refractivity contribution >= 4 is 5.91 Å². The van der Waals surface area contributed by atoms with Gasteiger partial charge in [0.05, 0.1) is 12.8 Å². The van der Waals surface area contributed by atoms with Crippen LogP contribution in [0, 0.1) is 12.8 Å². The first kappa shape index (κ1) is 23.1. The van der Waals surface area contributed by atoms with Crippen LogP contribution < -0.4 is 4.74 Å². The van der Waals surface area contributed by atoms with Crippen LogP contribution >= 0.6 is 0 Å². The Bertz CT molecular complexity index is 1060. The van der Waals surface area contributed by atoms with Crippen molar-refractivity contribution in [2.24, 2.45) is 13.0 Å². The van der Waals surface area contributed by atoms with Crippen LogP contribution in [0.4, 0.5) is 0 Å². The molecule has 33 heavy (non-hydrogen) atoms. The molecule has 0 radical (unpaired) electrons. The van der Waals surface area contributed by atoms with Crippen LogP contribution in [0.3, 0.4) is 0 Å². The number of piperidine rings is 1. The SMILES string of the molecule is Cc1ccc(C(=O)N2CCC[C@@H](COc3cccc(CN(C)Cc4cnn(C)c4)c3)C2)cc1. The highest BCUT2D eigenvalue weighted by Gasteiger charge is 2.25. The molecule has 2 aromatic carbocycles. The number of carbonyl (C=O) groups excluding carboxylic acids is 1. The van der Waals surface area contributed by atoms with Gasteiger partial charge in [0.1, 0.15) is 5.75 Å². The lowest BCUT2D eigenvalue weighted by molar-refractivity contribution is 0.0633. The molecule has 0 saturated carbocycles. The lowest BCUT2D eigenvalue weighted by Crippen LogP contribution is -2.41. The molecule has 1 amide bonds. The van der Waals surface area contributed by atoms with Gasteiger partial charge >= 0.3 is 0 Å². The lowest BCUT2D eigenvalue weighted by atomic mass is 9.98. The summed E-state index contributed by atoms with van der Waals surface area (Å²) in [5, 5.41) is 4.24. The molecule has 0 N–H and O–H groups in total. The van der Waals surface area contributed by atoms with Gasteiger partial charge in [-0.15, -0.1) is 0 Å². The minimum atomic E-state index is 0.123. The Morgan fingerprint density at radius 2 is 1.94 bits per heavy atom. The Balaban J connectivity index is 1.28. The van der Waals surface area contributed by atoms with E-state index in [-0.39, 0.29) is 5.91 Å². The van der Waals surface area contributed by atoms with Crippen molar-refractivity contribution in [1.82, 2.24) is 19.6 Å². The predicted octanol–water partition coefficient (Wildman–Crippen LogP) is 4.29. The molecule has 0 bridgehead atoms. The first-order valence-corrected chi connectivity index (χ1v) is 11.7. The number of ether oxygens (including phenoxy) is 1. The summed E-state index contributed by atoms with van der Waals surface area (Å²) in [5.41, 5.74) is 4.36. The maximum absolute atomic E-state index is 12.9. The van der Waals surface area contributed by atoms with Gasteiger partial charge in [-0.25, -0.2) is 0 Å². The highest BCUT2D eigenvalue weighted by atomic mass is 16.5. The maximum atomic E-state index is 12.9. The van der Waals surface area contributed by atoms with E-state index in [1.54, 1.807) is 0 Å². The second-order valence-electron chi connectivity index (χ2n) is 9.28. The summed E-state index contributed by atoms with van der Waals surface area (Å²) in [4.78, 5) is 17.1. The summed E-state index contributed by atoms with van der Waals surface area (Å²) in [6.45, 7) is 5.94. The van der Waals surface area contributed by atoms with Gasteiger partial charge in [0.25, 0.3) is 5.91 Å². The number of likely N-dealkylation sites (tertiary alicyclic amines) is 1. The van der Waals surface area contributed by atoms with Crippen molar-refractivity contribution in [2.75, 3.05) is 26.7 Å². The third-order valence-corrected chi connectivity index (χ3v) is 6.15. The number of hydrogen-bond donors (Lipinski definition) is 0. The van der Waals surface area contributed by atoms with Gasteiger partial charge in [0.15, 0.2) is 0 Å². The summed E-state index contributed by atoms with van der Waals surface area (Å²) >= 11 is 0. The lowest BCUT2D eigenvalue weighted by Gasteiger charge is -2.32. The third kappa shape index (κ3) is 6.45. The number of amides is 1. The number of aryl methyl sites for hydroxylation is 2. The van der Waals surface area contributed by atoms with Crippen molar-refractivity contribution in [2.45, 2.75) is 32.9 Å². The van der Waals surface area contributed by atoms with E-state index in [0.717, 1.165) is 50.3 Å². The number of aromatic nitrogens is 2. The molecule has 0 unspecified atom stereocenters. The van der Waals surface area contributed by atoms with Gasteiger partial charge in [0, 0.05) is 56.5 Å². The van der Waals surface area contributed by atoms with Crippen molar-refractivity contribution < 1.29 is 9.53 Å². The number of hydrogen-bond acceptors (Lipinski definition) is 4. The molecule has 6 heteroatoms. The van der Waals surface area contributed by atoms with E-state index in [4.69, 9.17) is 4.74 Å². The van der Waals surface area contributed by atoms with Crippen LogP contribution in [0.15, 0.2) is 60.9 Å². The molecule has 1 atom stereocenters. The molecule has 1 aromatic heterocycles. The normalized spacial score (nSPS) is 16.2. The molecular formula is C27H34N4O2. The molecule has 174 valence electrons. The summed E-state index contributed by atoms with van der Waals surface area (Å²) in [5.74, 6) is 1.37. The highest BCUT2D eigenvalue weighted by Crippen LogP contribution is 2.22. The average molecular weight is 447 g/mol. The van der Waals surface area contributed by atoms with Crippen molar-refractivity contribution in [3.05, 3.63) is 83.2 Å². The van der Waals surface area contributed by atoms with E-state index in [1.165, 1.54) is 16.7 Å². The van der Waals surface area contributed by atoms with Crippen LogP contribution in [0.5, 0.6) is 5.75 Å². The standard InChI is InChI=1S/C27H34N4O2/c1-21-9-11-25(12-10-21)27(32)31-13-5-7-23(19-31)20-33-26-8-4-6-22(14-26)16-29(2)17-24-15-28-30(3)18-24/h4,6,8-12,14-15,18,23H,5,7,13,16-17,19-20H2,1-3H3/t23-/m1/s1. The predicted molar refractivity (Wildman–Crippen MR) is 130 cm³/mol.